The second kappa shape index (κ2) is 8.26. The number of anilines is 3. The fraction of sp³-hybridized carbons (Fsp3) is 0.231. The van der Waals surface area contributed by atoms with Crippen molar-refractivity contribution in [2.75, 3.05) is 43.4 Å². The second-order valence-electron chi connectivity index (χ2n) is 8.63. The van der Waals surface area contributed by atoms with Gasteiger partial charge in [0, 0.05) is 62.1 Å². The van der Waals surface area contributed by atoms with Crippen LogP contribution < -0.4 is 10.2 Å². The van der Waals surface area contributed by atoms with Gasteiger partial charge in [-0.05, 0) is 47.8 Å². The number of likely N-dealkylation sites (N-methyl/N-ethyl adjacent to an activating group) is 1. The number of nitrogens with zero attached hydrogens (tertiary/aromatic N) is 6. The molecule has 1 saturated heterocycles. The number of fused-ring (bicyclic) bond motifs is 2. The molecule has 0 spiro atoms. The Kier molecular flexibility index (Phi) is 4.96. The Morgan fingerprint density at radius 3 is 2.64 bits per heavy atom. The van der Waals surface area contributed by atoms with Crippen LogP contribution >= 0.6 is 0 Å². The lowest BCUT2D eigenvalue weighted by molar-refractivity contribution is 0.312. The molecule has 2 aliphatic rings. The van der Waals surface area contributed by atoms with Crippen molar-refractivity contribution in [3.8, 4) is 0 Å². The molecule has 0 unspecified atom stereocenters. The highest BCUT2D eigenvalue weighted by Crippen LogP contribution is 2.33. The highest BCUT2D eigenvalue weighted by molar-refractivity contribution is 5.90. The zero-order valence-electron chi connectivity index (χ0n) is 18.6. The summed E-state index contributed by atoms with van der Waals surface area (Å²) in [6.45, 7) is 4.15. The van der Waals surface area contributed by atoms with E-state index in [4.69, 9.17) is 4.98 Å². The van der Waals surface area contributed by atoms with Gasteiger partial charge in [-0.15, -0.1) is 0 Å². The number of rotatable bonds is 4. The van der Waals surface area contributed by atoms with Gasteiger partial charge in [0.25, 0.3) is 0 Å². The molecule has 164 valence electrons. The Bertz CT molecular complexity index is 1340. The number of nitrogens with one attached hydrogen (secondary N) is 1. The van der Waals surface area contributed by atoms with Crippen LogP contribution in [-0.4, -0.2) is 58.1 Å². The minimum absolute atomic E-state index is 0.599. The summed E-state index contributed by atoms with van der Waals surface area (Å²) < 4.78 is 0. The molecule has 3 aromatic heterocycles. The minimum atomic E-state index is 0.599. The predicted molar refractivity (Wildman–Crippen MR) is 132 cm³/mol. The van der Waals surface area contributed by atoms with Gasteiger partial charge < -0.3 is 15.1 Å². The van der Waals surface area contributed by atoms with Crippen LogP contribution in [0.15, 0.2) is 67.3 Å². The van der Waals surface area contributed by atoms with Crippen molar-refractivity contribution in [2.24, 2.45) is 0 Å². The summed E-state index contributed by atoms with van der Waals surface area (Å²) >= 11 is 0. The van der Waals surface area contributed by atoms with Gasteiger partial charge in [-0.25, -0.2) is 15.0 Å². The summed E-state index contributed by atoms with van der Waals surface area (Å²) in [7, 11) is 2.16. The molecule has 0 bridgehead atoms. The van der Waals surface area contributed by atoms with Gasteiger partial charge in [0.1, 0.15) is 5.82 Å². The molecule has 4 aromatic rings. The van der Waals surface area contributed by atoms with Crippen LogP contribution in [0.25, 0.3) is 16.3 Å². The minimum Gasteiger partial charge on any atom is -0.354 e. The maximum absolute atomic E-state index is 4.78. The van der Waals surface area contributed by atoms with Gasteiger partial charge >= 0.3 is 0 Å². The van der Waals surface area contributed by atoms with E-state index in [1.165, 1.54) is 16.5 Å². The zero-order valence-corrected chi connectivity index (χ0v) is 18.6. The predicted octanol–water partition coefficient (Wildman–Crippen LogP) is 3.90. The third-order valence-electron chi connectivity index (χ3n) is 6.44. The normalized spacial score (nSPS) is 16.0. The number of hydrogen-bond acceptors (Lipinski definition) is 7. The maximum atomic E-state index is 4.78. The number of aromatic nitrogens is 4. The lowest BCUT2D eigenvalue weighted by Gasteiger charge is -2.33. The Hall–Kier alpha value is -3.84. The highest BCUT2D eigenvalue weighted by atomic mass is 15.3. The Balaban J connectivity index is 1.18. The Morgan fingerprint density at radius 1 is 0.879 bits per heavy atom. The van der Waals surface area contributed by atoms with E-state index in [9.17, 15) is 0 Å². The first-order chi connectivity index (χ1) is 16.2. The molecular weight excluding hydrogens is 410 g/mol. The topological polar surface area (TPSA) is 70.1 Å². The first-order valence-corrected chi connectivity index (χ1v) is 11.3. The molecule has 33 heavy (non-hydrogen) atoms. The molecule has 1 N–H and O–H groups in total. The van der Waals surface area contributed by atoms with Crippen molar-refractivity contribution in [2.45, 2.75) is 6.42 Å². The van der Waals surface area contributed by atoms with Crippen LogP contribution in [0.1, 0.15) is 16.8 Å². The molecule has 0 amide bonds. The number of piperazine rings is 1. The van der Waals surface area contributed by atoms with Crippen LogP contribution in [0.3, 0.4) is 0 Å². The molecule has 1 fully saturated rings. The van der Waals surface area contributed by atoms with Crippen molar-refractivity contribution in [3.63, 3.8) is 0 Å². The maximum Gasteiger partial charge on any atom is 0.227 e. The van der Waals surface area contributed by atoms with E-state index in [0.29, 0.717) is 5.95 Å². The summed E-state index contributed by atoms with van der Waals surface area (Å²) in [5.74, 6) is 1.62. The van der Waals surface area contributed by atoms with Crippen molar-refractivity contribution in [1.29, 1.82) is 0 Å². The van der Waals surface area contributed by atoms with Crippen molar-refractivity contribution in [3.05, 3.63) is 84.1 Å². The van der Waals surface area contributed by atoms with Gasteiger partial charge in [0.15, 0.2) is 0 Å². The first kappa shape index (κ1) is 19.8. The summed E-state index contributed by atoms with van der Waals surface area (Å²) in [4.78, 5) is 22.9. The van der Waals surface area contributed by atoms with Gasteiger partial charge in [-0.2, -0.15) is 0 Å². The molecule has 7 nitrogen and oxygen atoms in total. The van der Waals surface area contributed by atoms with E-state index in [2.05, 4.69) is 67.5 Å². The lowest BCUT2D eigenvalue weighted by atomic mass is 10.00. The second-order valence-corrected chi connectivity index (χ2v) is 8.63. The van der Waals surface area contributed by atoms with Crippen molar-refractivity contribution < 1.29 is 0 Å². The number of pyridine rings is 2. The molecule has 1 aromatic carbocycles. The van der Waals surface area contributed by atoms with Crippen LogP contribution in [0.5, 0.6) is 0 Å². The van der Waals surface area contributed by atoms with Gasteiger partial charge in [0.2, 0.25) is 5.95 Å². The smallest absolute Gasteiger partial charge is 0.227 e. The van der Waals surface area contributed by atoms with Crippen LogP contribution in [0.2, 0.25) is 0 Å². The Morgan fingerprint density at radius 2 is 1.79 bits per heavy atom. The fourth-order valence-electron chi connectivity index (χ4n) is 4.50. The van der Waals surface area contributed by atoms with E-state index in [0.717, 1.165) is 60.7 Å². The molecule has 0 saturated carbocycles. The van der Waals surface area contributed by atoms with Crippen LogP contribution in [-0.2, 0) is 6.42 Å². The largest absolute Gasteiger partial charge is 0.354 e. The third-order valence-corrected chi connectivity index (χ3v) is 6.44. The molecule has 1 aliphatic heterocycles. The van der Waals surface area contributed by atoms with Gasteiger partial charge in [0.05, 0.1) is 17.6 Å². The van der Waals surface area contributed by atoms with E-state index in [-0.39, 0.29) is 0 Å². The standard InChI is InChI=1S/C26H25N7/c1-32-10-12-33(13-11-32)25-7-4-21(16-28-25)30-26-29-17-23-22(5-6-24(23)31-26)19-2-3-20-15-27-9-8-18(20)14-19/h2-5,7-9,14-17H,6,10-13H2,1H3,(H,29,30,31). The quantitative estimate of drug-likeness (QED) is 0.521. The molecule has 7 heteroatoms. The van der Waals surface area contributed by atoms with E-state index in [1.54, 1.807) is 0 Å². The Labute approximate surface area is 192 Å². The third kappa shape index (κ3) is 3.91. The molecule has 1 aliphatic carbocycles. The number of allylic oxidation sites excluding steroid dienone is 1. The summed E-state index contributed by atoms with van der Waals surface area (Å²) in [5, 5.41) is 5.63. The zero-order chi connectivity index (χ0) is 22.2. The van der Waals surface area contributed by atoms with Gasteiger partial charge in [-0.3, -0.25) is 4.98 Å². The summed E-state index contributed by atoms with van der Waals surface area (Å²) in [6.07, 6.45) is 10.5. The molecule has 0 radical (unpaired) electrons. The molecule has 4 heterocycles. The average molecular weight is 436 g/mol. The van der Waals surface area contributed by atoms with Crippen molar-refractivity contribution in [1.82, 2.24) is 24.8 Å². The summed E-state index contributed by atoms with van der Waals surface area (Å²) in [5.41, 5.74) is 5.40. The highest BCUT2D eigenvalue weighted by Gasteiger charge is 2.19. The average Bonchev–Trinajstić information content (AvgIpc) is 3.28. The monoisotopic (exact) mass is 435 g/mol. The first-order valence-electron chi connectivity index (χ1n) is 11.3. The lowest BCUT2D eigenvalue weighted by Crippen LogP contribution is -2.44. The SMILES string of the molecule is CN1CCN(c2ccc(Nc3ncc4c(n3)CC=C4c3ccc4cnccc4c3)cn2)CC1. The number of hydrogen-bond donors (Lipinski definition) is 1. The van der Waals surface area contributed by atoms with E-state index < -0.39 is 0 Å². The van der Waals surface area contributed by atoms with E-state index >= 15 is 0 Å². The molecule has 6 rings (SSSR count). The van der Waals surface area contributed by atoms with E-state index in [1.807, 2.05) is 36.9 Å². The van der Waals surface area contributed by atoms with Crippen LogP contribution in [0, 0.1) is 0 Å². The van der Waals surface area contributed by atoms with Crippen LogP contribution in [0.4, 0.5) is 17.5 Å². The van der Waals surface area contributed by atoms with Gasteiger partial charge in [-0.1, -0.05) is 18.2 Å². The fourth-order valence-corrected chi connectivity index (χ4v) is 4.50. The molecular formula is C26H25N7. The number of benzene rings is 1. The summed E-state index contributed by atoms with van der Waals surface area (Å²) in [6, 6.07) is 12.6. The van der Waals surface area contributed by atoms with Crippen molar-refractivity contribution >= 4 is 33.8 Å². The molecule has 0 atom stereocenters.